The molecule has 0 spiro atoms. The number of rotatable bonds is 7. The summed E-state index contributed by atoms with van der Waals surface area (Å²) < 4.78 is 7.91. The van der Waals surface area contributed by atoms with E-state index in [1.54, 1.807) is 12.4 Å². The summed E-state index contributed by atoms with van der Waals surface area (Å²) in [5, 5.41) is 5.61. The highest BCUT2D eigenvalue weighted by Crippen LogP contribution is 2.40. The normalized spacial score (nSPS) is 17.7. The first-order valence-corrected chi connectivity index (χ1v) is 11.1. The molecule has 7 heteroatoms. The molecule has 5 rings (SSSR count). The van der Waals surface area contributed by atoms with Crippen LogP contribution >= 0.6 is 11.3 Å². The molecule has 3 aromatic heterocycles. The van der Waals surface area contributed by atoms with E-state index in [0.29, 0.717) is 23.3 Å². The number of hydrogen-bond donors (Lipinski definition) is 1. The topological polar surface area (TPSA) is 69.0 Å². The van der Waals surface area contributed by atoms with Crippen LogP contribution in [0.15, 0.2) is 78.6 Å². The lowest BCUT2D eigenvalue weighted by molar-refractivity contribution is 0.0971. The number of aromatic nitrogens is 3. The molecule has 3 heterocycles. The molecule has 1 fully saturated rings. The van der Waals surface area contributed by atoms with Crippen LogP contribution in [0.1, 0.15) is 40.5 Å². The molecule has 6 nitrogen and oxygen atoms in total. The summed E-state index contributed by atoms with van der Waals surface area (Å²) >= 11 is 1.47. The van der Waals surface area contributed by atoms with Crippen molar-refractivity contribution in [3.63, 3.8) is 0 Å². The molecule has 0 aliphatic heterocycles. The minimum atomic E-state index is -0.154. The number of carbonyl (C=O) groups excluding carboxylic acids is 1. The van der Waals surface area contributed by atoms with E-state index in [1.165, 1.54) is 11.3 Å². The van der Waals surface area contributed by atoms with Crippen molar-refractivity contribution in [1.29, 1.82) is 0 Å². The monoisotopic (exact) mass is 430 g/mol. The molecular formula is C24H22N4O2S. The Morgan fingerprint density at radius 2 is 1.90 bits per heavy atom. The van der Waals surface area contributed by atoms with E-state index >= 15 is 0 Å². The molecule has 0 saturated heterocycles. The summed E-state index contributed by atoms with van der Waals surface area (Å²) in [4.78, 5) is 21.5. The average molecular weight is 431 g/mol. The quantitative estimate of drug-likeness (QED) is 0.450. The van der Waals surface area contributed by atoms with Gasteiger partial charge in [0.05, 0.1) is 11.8 Å². The molecule has 4 aromatic rings. The van der Waals surface area contributed by atoms with Gasteiger partial charge < -0.3 is 9.30 Å². The van der Waals surface area contributed by atoms with Crippen LogP contribution in [-0.4, -0.2) is 26.5 Å². The second-order valence-corrected chi connectivity index (χ2v) is 8.49. The minimum absolute atomic E-state index is 0.154. The molecular weight excluding hydrogens is 408 g/mol. The number of carbonyl (C=O) groups is 1. The Bertz CT molecular complexity index is 1150. The summed E-state index contributed by atoms with van der Waals surface area (Å²) in [6, 6.07) is 17.5. The number of pyridine rings is 1. The Kier molecular flexibility index (Phi) is 5.50. The van der Waals surface area contributed by atoms with E-state index in [2.05, 4.69) is 15.3 Å². The van der Waals surface area contributed by atoms with Gasteiger partial charge in [0, 0.05) is 36.4 Å². The number of nitrogens with one attached hydrogen (secondary N) is 1. The third-order valence-corrected chi connectivity index (χ3v) is 6.24. The smallest absolute Gasteiger partial charge is 0.274 e. The van der Waals surface area contributed by atoms with Crippen molar-refractivity contribution in [3.05, 3.63) is 95.5 Å². The molecule has 1 aliphatic rings. The van der Waals surface area contributed by atoms with Crippen LogP contribution in [0.25, 0.3) is 0 Å². The number of thiazole rings is 1. The summed E-state index contributed by atoms with van der Waals surface area (Å²) in [5.41, 5.74) is 2.72. The van der Waals surface area contributed by atoms with Gasteiger partial charge in [-0.2, -0.15) is 0 Å². The van der Waals surface area contributed by atoms with Gasteiger partial charge >= 0.3 is 0 Å². The zero-order valence-corrected chi connectivity index (χ0v) is 17.7. The van der Waals surface area contributed by atoms with E-state index in [9.17, 15) is 4.79 Å². The van der Waals surface area contributed by atoms with Crippen molar-refractivity contribution in [2.24, 2.45) is 0 Å². The molecule has 0 bridgehead atoms. The zero-order valence-electron chi connectivity index (χ0n) is 16.8. The summed E-state index contributed by atoms with van der Waals surface area (Å²) in [5.74, 6) is 1.14. The van der Waals surface area contributed by atoms with Gasteiger partial charge in [0.15, 0.2) is 5.13 Å². The van der Waals surface area contributed by atoms with Gasteiger partial charge in [0.2, 0.25) is 0 Å². The van der Waals surface area contributed by atoms with Crippen LogP contribution in [0.5, 0.6) is 5.75 Å². The van der Waals surface area contributed by atoms with Gasteiger partial charge in [-0.15, -0.1) is 11.3 Å². The number of ether oxygens (including phenoxy) is 1. The maximum atomic E-state index is 12.8. The van der Waals surface area contributed by atoms with Gasteiger partial charge in [0.25, 0.3) is 5.91 Å². The van der Waals surface area contributed by atoms with Crippen molar-refractivity contribution in [3.8, 4) is 5.75 Å². The van der Waals surface area contributed by atoms with E-state index in [1.807, 2.05) is 70.7 Å². The van der Waals surface area contributed by atoms with E-state index in [4.69, 9.17) is 4.74 Å². The second kappa shape index (κ2) is 8.73. The number of amides is 1. The van der Waals surface area contributed by atoms with Gasteiger partial charge in [-0.1, -0.05) is 18.2 Å². The predicted octanol–water partition coefficient (Wildman–Crippen LogP) is 4.97. The Balaban J connectivity index is 1.17. The Labute approximate surface area is 184 Å². The molecule has 31 heavy (non-hydrogen) atoms. The van der Waals surface area contributed by atoms with Crippen LogP contribution in [0.3, 0.4) is 0 Å². The Morgan fingerprint density at radius 3 is 2.71 bits per heavy atom. The van der Waals surface area contributed by atoms with E-state index in [-0.39, 0.29) is 12.0 Å². The van der Waals surface area contributed by atoms with E-state index < -0.39 is 0 Å². The highest BCUT2D eigenvalue weighted by atomic mass is 32.1. The lowest BCUT2D eigenvalue weighted by Gasteiger charge is -2.34. The summed E-state index contributed by atoms with van der Waals surface area (Å²) in [6.45, 7) is 0.617. The Hall–Kier alpha value is -3.45. The van der Waals surface area contributed by atoms with Crippen molar-refractivity contribution in [2.45, 2.75) is 31.4 Å². The second-order valence-electron chi connectivity index (χ2n) is 7.63. The van der Waals surface area contributed by atoms with Gasteiger partial charge in [-0.25, -0.2) is 4.98 Å². The molecule has 156 valence electrons. The van der Waals surface area contributed by atoms with Gasteiger partial charge in [-0.05, 0) is 54.8 Å². The van der Waals surface area contributed by atoms with Crippen molar-refractivity contribution >= 4 is 22.4 Å². The standard InChI is InChI=1S/C24H22N4O2S/c29-23(22-7-4-12-28(22)15-17-8-10-25-11-9-17)27-24-26-21(16-31-24)18-13-20(14-18)30-19-5-2-1-3-6-19/h1-12,16,18,20H,13-15H2,(H,26,27,29)/t18-,20+. The Morgan fingerprint density at radius 1 is 1.10 bits per heavy atom. The third-order valence-electron chi connectivity index (χ3n) is 5.47. The van der Waals surface area contributed by atoms with Gasteiger partial charge in [0.1, 0.15) is 11.4 Å². The first-order valence-electron chi connectivity index (χ1n) is 10.3. The summed E-state index contributed by atoms with van der Waals surface area (Å²) in [6.07, 6.45) is 7.53. The zero-order chi connectivity index (χ0) is 21.0. The number of anilines is 1. The molecule has 0 radical (unpaired) electrons. The van der Waals surface area contributed by atoms with E-state index in [0.717, 1.165) is 29.8 Å². The fraction of sp³-hybridized carbons (Fsp3) is 0.208. The predicted molar refractivity (Wildman–Crippen MR) is 121 cm³/mol. The van der Waals surface area contributed by atoms with Gasteiger partial charge in [-0.3, -0.25) is 15.1 Å². The largest absolute Gasteiger partial charge is 0.490 e. The molecule has 1 N–H and O–H groups in total. The number of hydrogen-bond acceptors (Lipinski definition) is 5. The van der Waals surface area contributed by atoms with Crippen molar-refractivity contribution < 1.29 is 9.53 Å². The minimum Gasteiger partial charge on any atom is -0.490 e. The maximum Gasteiger partial charge on any atom is 0.274 e. The molecule has 1 aromatic carbocycles. The van der Waals surface area contributed by atoms with Crippen LogP contribution in [-0.2, 0) is 6.54 Å². The van der Waals surface area contributed by atoms with Crippen LogP contribution < -0.4 is 10.1 Å². The average Bonchev–Trinajstić information content (AvgIpc) is 3.41. The van der Waals surface area contributed by atoms with Crippen molar-refractivity contribution in [1.82, 2.24) is 14.5 Å². The number of para-hydroxylation sites is 1. The van der Waals surface area contributed by atoms with Crippen LogP contribution in [0.4, 0.5) is 5.13 Å². The fourth-order valence-corrected chi connectivity index (χ4v) is 4.52. The van der Waals surface area contributed by atoms with Crippen LogP contribution in [0, 0.1) is 0 Å². The maximum absolute atomic E-state index is 12.8. The van der Waals surface area contributed by atoms with Crippen LogP contribution in [0.2, 0.25) is 0 Å². The molecule has 0 unspecified atom stereocenters. The highest BCUT2D eigenvalue weighted by Gasteiger charge is 2.33. The molecule has 1 saturated carbocycles. The first-order chi connectivity index (χ1) is 15.2. The SMILES string of the molecule is O=C(Nc1nc([C@H]2C[C@@H](Oc3ccccc3)C2)cs1)c1cccn1Cc1ccncc1. The fourth-order valence-electron chi connectivity index (χ4n) is 3.73. The molecule has 1 aliphatic carbocycles. The number of benzene rings is 1. The highest BCUT2D eigenvalue weighted by molar-refractivity contribution is 7.14. The molecule has 1 amide bonds. The first kappa shape index (κ1) is 19.5. The lowest BCUT2D eigenvalue weighted by atomic mass is 9.80. The third kappa shape index (κ3) is 4.51. The lowest BCUT2D eigenvalue weighted by Crippen LogP contribution is -2.32. The van der Waals surface area contributed by atoms with Crippen molar-refractivity contribution in [2.75, 3.05) is 5.32 Å². The summed E-state index contributed by atoms with van der Waals surface area (Å²) in [7, 11) is 0. The number of nitrogens with zero attached hydrogens (tertiary/aromatic N) is 3. The molecule has 0 atom stereocenters.